The van der Waals surface area contributed by atoms with Gasteiger partial charge in [-0.1, -0.05) is 30.3 Å². The van der Waals surface area contributed by atoms with Gasteiger partial charge in [0.2, 0.25) is 0 Å². The molecule has 0 saturated heterocycles. The summed E-state index contributed by atoms with van der Waals surface area (Å²) in [7, 11) is 0. The molecule has 28 heavy (non-hydrogen) atoms. The van der Waals surface area contributed by atoms with Gasteiger partial charge >= 0.3 is 5.69 Å². The topological polar surface area (TPSA) is 151 Å². The number of carbonyl (C=O) groups excluding carboxylic acids is 1. The number of carbonyl (C=O) groups is 1. The molecule has 1 aliphatic carbocycles. The van der Waals surface area contributed by atoms with Crippen LogP contribution < -0.4 is 10.5 Å². The number of non-ortho nitro benzene ring substituents is 1. The van der Waals surface area contributed by atoms with Gasteiger partial charge in [0, 0.05) is 23.6 Å². The van der Waals surface area contributed by atoms with Crippen LogP contribution in [0.15, 0.2) is 53.6 Å². The molecule has 10 heteroatoms. The molecule has 2 aromatic carbocycles. The maximum atomic E-state index is 11.8. The van der Waals surface area contributed by atoms with Crippen molar-refractivity contribution in [1.29, 1.82) is 0 Å². The lowest BCUT2D eigenvalue weighted by molar-refractivity contribution is -0.393. The number of aliphatic carboxylic acids is 1. The van der Waals surface area contributed by atoms with Crippen LogP contribution in [0, 0.1) is 20.2 Å². The number of nitro benzene ring substituents is 2. The minimum atomic E-state index is -1.21. The highest BCUT2D eigenvalue weighted by Gasteiger charge is 2.40. The van der Waals surface area contributed by atoms with Gasteiger partial charge < -0.3 is 9.90 Å². The molecule has 1 fully saturated rings. The number of carboxylic acids is 1. The molecular weight excluding hydrogens is 368 g/mol. The Morgan fingerprint density at radius 1 is 1.07 bits per heavy atom. The Morgan fingerprint density at radius 2 is 1.79 bits per heavy atom. The van der Waals surface area contributed by atoms with Crippen molar-refractivity contribution < 1.29 is 19.7 Å². The molecule has 0 unspecified atom stereocenters. The first-order valence-electron chi connectivity index (χ1n) is 8.35. The molecule has 0 heterocycles. The summed E-state index contributed by atoms with van der Waals surface area (Å²) in [5.41, 5.74) is 1.54. The number of nitrogens with one attached hydrogen (secondary N) is 1. The predicted octanol–water partition coefficient (Wildman–Crippen LogP) is 2.14. The normalized spacial score (nSPS) is 20.1. The Morgan fingerprint density at radius 3 is 2.39 bits per heavy atom. The summed E-state index contributed by atoms with van der Waals surface area (Å²) in [6, 6.07) is 11.9. The summed E-state index contributed by atoms with van der Waals surface area (Å²) in [5.74, 6) is -1.20. The molecule has 1 N–H and O–H groups in total. The SMILES string of the molecule is O=C([O-])[C@]1(c2ccccc2)CC/C(=N\Nc2ccc([N+](=O)[O-])cc2[N+](=O)[O-])C1. The monoisotopic (exact) mass is 383 g/mol. The number of rotatable bonds is 6. The lowest BCUT2D eigenvalue weighted by atomic mass is 9.79. The highest BCUT2D eigenvalue weighted by molar-refractivity contribution is 5.96. The second-order valence-corrected chi connectivity index (χ2v) is 6.42. The average Bonchev–Trinajstić information content (AvgIpc) is 3.12. The van der Waals surface area contributed by atoms with Crippen LogP contribution in [-0.4, -0.2) is 21.5 Å². The number of benzene rings is 2. The van der Waals surface area contributed by atoms with Gasteiger partial charge in [0.1, 0.15) is 5.69 Å². The third-order valence-corrected chi connectivity index (χ3v) is 4.79. The van der Waals surface area contributed by atoms with Crippen LogP contribution in [0.2, 0.25) is 0 Å². The quantitative estimate of drug-likeness (QED) is 0.592. The van der Waals surface area contributed by atoms with Gasteiger partial charge in [-0.15, -0.1) is 0 Å². The molecule has 0 aliphatic heterocycles. The first-order valence-corrected chi connectivity index (χ1v) is 8.35. The van der Waals surface area contributed by atoms with Crippen molar-refractivity contribution in [2.24, 2.45) is 5.10 Å². The molecule has 1 atom stereocenters. The Kier molecular flexibility index (Phi) is 5.03. The Labute approximate surface area is 158 Å². The van der Waals surface area contributed by atoms with Gasteiger partial charge in [0.25, 0.3) is 5.69 Å². The third kappa shape index (κ3) is 3.52. The van der Waals surface area contributed by atoms with Crippen molar-refractivity contribution >= 4 is 28.7 Å². The van der Waals surface area contributed by atoms with Crippen LogP contribution in [0.1, 0.15) is 24.8 Å². The largest absolute Gasteiger partial charge is 0.549 e. The highest BCUT2D eigenvalue weighted by atomic mass is 16.6. The lowest BCUT2D eigenvalue weighted by Crippen LogP contribution is -2.44. The Bertz CT molecular complexity index is 975. The Balaban J connectivity index is 1.86. The summed E-state index contributed by atoms with van der Waals surface area (Å²) < 4.78 is 0. The fourth-order valence-electron chi connectivity index (χ4n) is 3.29. The minimum Gasteiger partial charge on any atom is -0.549 e. The maximum absolute atomic E-state index is 11.8. The van der Waals surface area contributed by atoms with E-state index in [0.717, 1.165) is 12.1 Å². The summed E-state index contributed by atoms with van der Waals surface area (Å²) >= 11 is 0. The van der Waals surface area contributed by atoms with Crippen LogP contribution in [-0.2, 0) is 10.2 Å². The van der Waals surface area contributed by atoms with E-state index in [0.29, 0.717) is 24.1 Å². The summed E-state index contributed by atoms with van der Waals surface area (Å²) in [6.07, 6.45) is 0.770. The fourth-order valence-corrected chi connectivity index (χ4v) is 3.29. The predicted molar refractivity (Wildman–Crippen MR) is 97.8 cm³/mol. The van der Waals surface area contributed by atoms with E-state index in [1.54, 1.807) is 30.3 Å². The van der Waals surface area contributed by atoms with Gasteiger partial charge in [-0.2, -0.15) is 5.10 Å². The number of nitrogens with zero attached hydrogens (tertiary/aromatic N) is 3. The van der Waals surface area contributed by atoms with Crippen molar-refractivity contribution in [2.75, 3.05) is 5.43 Å². The van der Waals surface area contributed by atoms with Crippen molar-refractivity contribution in [3.05, 3.63) is 74.3 Å². The number of hydrogen-bond acceptors (Lipinski definition) is 8. The van der Waals surface area contributed by atoms with E-state index in [4.69, 9.17) is 0 Å². The van der Waals surface area contributed by atoms with Gasteiger partial charge in [-0.3, -0.25) is 25.7 Å². The van der Waals surface area contributed by atoms with E-state index < -0.39 is 32.6 Å². The van der Waals surface area contributed by atoms with Crippen molar-refractivity contribution in [3.63, 3.8) is 0 Å². The second-order valence-electron chi connectivity index (χ2n) is 6.42. The van der Waals surface area contributed by atoms with E-state index in [2.05, 4.69) is 10.5 Å². The van der Waals surface area contributed by atoms with Crippen LogP contribution in [0.25, 0.3) is 0 Å². The van der Waals surface area contributed by atoms with Gasteiger partial charge in [-0.25, -0.2) is 0 Å². The zero-order valence-electron chi connectivity index (χ0n) is 14.5. The number of anilines is 1. The number of carboxylic acid groups (broad SMARTS) is 1. The molecule has 1 aliphatic rings. The van der Waals surface area contributed by atoms with E-state index in [9.17, 15) is 30.1 Å². The summed E-state index contributed by atoms with van der Waals surface area (Å²) in [4.78, 5) is 32.3. The zero-order valence-corrected chi connectivity index (χ0v) is 14.5. The van der Waals surface area contributed by atoms with Gasteiger partial charge in [-0.05, 0) is 24.5 Å². The molecule has 0 amide bonds. The molecule has 1 saturated carbocycles. The first kappa shape index (κ1) is 19.0. The summed E-state index contributed by atoms with van der Waals surface area (Å²) in [6.45, 7) is 0. The number of nitro groups is 2. The molecule has 3 rings (SSSR count). The number of hydrogen-bond donors (Lipinski definition) is 1. The fraction of sp³-hybridized carbons (Fsp3) is 0.222. The smallest absolute Gasteiger partial charge is 0.301 e. The van der Waals surface area contributed by atoms with Crippen LogP contribution >= 0.6 is 0 Å². The van der Waals surface area contributed by atoms with E-state index in [1.807, 2.05) is 0 Å². The molecule has 0 aromatic heterocycles. The van der Waals surface area contributed by atoms with E-state index >= 15 is 0 Å². The molecular formula is C18H15N4O6-. The average molecular weight is 383 g/mol. The van der Waals surface area contributed by atoms with Crippen LogP contribution in [0.5, 0.6) is 0 Å². The molecule has 0 radical (unpaired) electrons. The molecule has 0 spiro atoms. The van der Waals surface area contributed by atoms with E-state index in [-0.39, 0.29) is 12.1 Å². The van der Waals surface area contributed by atoms with Gasteiger partial charge in [0.15, 0.2) is 0 Å². The van der Waals surface area contributed by atoms with Crippen molar-refractivity contribution in [3.8, 4) is 0 Å². The third-order valence-electron chi connectivity index (χ3n) is 4.79. The standard InChI is InChI=1S/C18H16N4O6/c23-17(24)18(12-4-2-1-3-5-12)9-8-13(11-18)19-20-15-7-6-14(21(25)26)10-16(15)22(27)28/h1-7,10,20H,8-9,11H2,(H,23,24)/p-1/b19-13+/t18-/m1/s1. The van der Waals surface area contributed by atoms with Crippen LogP contribution in [0.4, 0.5) is 17.1 Å². The Hall–Kier alpha value is -3.82. The molecule has 2 aromatic rings. The van der Waals surface area contributed by atoms with Gasteiger partial charge in [0.05, 0.1) is 21.9 Å². The maximum Gasteiger partial charge on any atom is 0.301 e. The van der Waals surface area contributed by atoms with Crippen LogP contribution in [0.3, 0.4) is 0 Å². The minimum absolute atomic E-state index is 0.0197. The van der Waals surface area contributed by atoms with E-state index in [1.165, 1.54) is 6.07 Å². The number of hydrazone groups is 1. The molecule has 10 nitrogen and oxygen atoms in total. The highest BCUT2D eigenvalue weighted by Crippen LogP contribution is 2.39. The molecule has 144 valence electrons. The van der Waals surface area contributed by atoms with Crippen molar-refractivity contribution in [2.45, 2.75) is 24.7 Å². The van der Waals surface area contributed by atoms with Crippen molar-refractivity contribution in [1.82, 2.24) is 0 Å². The second kappa shape index (κ2) is 7.43. The first-order chi connectivity index (χ1) is 13.3. The summed E-state index contributed by atoms with van der Waals surface area (Å²) in [5, 5.41) is 37.9. The molecule has 0 bridgehead atoms. The zero-order chi connectivity index (χ0) is 20.3. The lowest BCUT2D eigenvalue weighted by Gasteiger charge is -2.30.